The third kappa shape index (κ3) is 5.21. The fourth-order valence-electron chi connectivity index (χ4n) is 4.90. The lowest BCUT2D eigenvalue weighted by Crippen LogP contribution is -2.29. The van der Waals surface area contributed by atoms with Crippen molar-refractivity contribution in [2.75, 3.05) is 13.2 Å². The molecule has 2 aliphatic rings. The van der Waals surface area contributed by atoms with Crippen LogP contribution in [0.1, 0.15) is 44.2 Å². The smallest absolute Gasteiger partial charge is 0.482 e. The second-order valence-electron chi connectivity index (χ2n) is 8.07. The summed E-state index contributed by atoms with van der Waals surface area (Å²) >= 11 is 0. The molecule has 1 aromatic carbocycles. The van der Waals surface area contributed by atoms with Gasteiger partial charge in [0.15, 0.2) is 6.61 Å². The molecule has 0 radical (unpaired) electrons. The van der Waals surface area contributed by atoms with E-state index in [1.165, 1.54) is 0 Å². The van der Waals surface area contributed by atoms with Gasteiger partial charge in [0.05, 0.1) is 12.7 Å². The molecule has 7 heteroatoms. The van der Waals surface area contributed by atoms with Crippen molar-refractivity contribution in [1.29, 1.82) is 0 Å². The van der Waals surface area contributed by atoms with E-state index < -0.39 is 18.2 Å². The van der Waals surface area contributed by atoms with E-state index in [1.54, 1.807) is 13.8 Å². The van der Waals surface area contributed by atoms with Gasteiger partial charge < -0.3 is 24.4 Å². The zero-order chi connectivity index (χ0) is 21.0. The van der Waals surface area contributed by atoms with E-state index >= 15 is 0 Å². The van der Waals surface area contributed by atoms with E-state index in [2.05, 4.69) is 6.07 Å². The number of aliphatic carboxylic acids is 1. The van der Waals surface area contributed by atoms with E-state index in [0.29, 0.717) is 24.0 Å². The first-order chi connectivity index (χ1) is 13.9. The van der Waals surface area contributed by atoms with E-state index in [4.69, 9.17) is 19.3 Å². The van der Waals surface area contributed by atoms with E-state index in [1.807, 2.05) is 12.1 Å². The number of ether oxygens (including phenoxy) is 3. The lowest BCUT2D eigenvalue weighted by molar-refractivity contribution is -0.139. The summed E-state index contributed by atoms with van der Waals surface area (Å²) in [5.74, 6) is 0.443. The highest BCUT2D eigenvalue weighted by Gasteiger charge is 2.47. The van der Waals surface area contributed by atoms with Crippen LogP contribution in [-0.4, -0.2) is 47.8 Å². The Morgan fingerprint density at radius 2 is 2.07 bits per heavy atom. The van der Waals surface area contributed by atoms with Crippen LogP contribution in [0.5, 0.6) is 5.75 Å². The molecule has 3 rings (SSSR count). The molecule has 0 bridgehead atoms. The number of aliphatic hydroxyl groups is 1. The van der Waals surface area contributed by atoms with Crippen LogP contribution in [0.4, 0.5) is 4.79 Å². The molecule has 0 aromatic heterocycles. The third-order valence-electron chi connectivity index (χ3n) is 6.10. The summed E-state index contributed by atoms with van der Waals surface area (Å²) in [6, 6.07) is 5.77. The van der Waals surface area contributed by atoms with Crippen LogP contribution in [0.15, 0.2) is 18.2 Å². The van der Waals surface area contributed by atoms with Crippen LogP contribution in [0.2, 0.25) is 0 Å². The normalized spacial score (nSPS) is 26.2. The van der Waals surface area contributed by atoms with Gasteiger partial charge in [0.25, 0.3) is 0 Å². The molecule has 2 N–H and O–H groups in total. The molecule has 0 unspecified atom stereocenters. The van der Waals surface area contributed by atoms with Crippen LogP contribution < -0.4 is 4.74 Å². The summed E-state index contributed by atoms with van der Waals surface area (Å²) in [6.45, 7) is 3.43. The Labute approximate surface area is 171 Å². The van der Waals surface area contributed by atoms with Gasteiger partial charge in [-0.2, -0.15) is 0 Å². The Hall–Kier alpha value is -2.28. The number of carbonyl (C=O) groups is 2. The number of carboxylic acids is 1. The lowest BCUT2D eigenvalue weighted by atomic mass is 9.73. The number of hydrogen-bond acceptors (Lipinski definition) is 6. The Morgan fingerprint density at radius 1 is 1.28 bits per heavy atom. The van der Waals surface area contributed by atoms with Gasteiger partial charge in [-0.05, 0) is 80.9 Å². The first-order valence-electron chi connectivity index (χ1n) is 10.4. The number of benzene rings is 1. The maximum atomic E-state index is 11.9. The standard InChI is InChI=1S/C22H30O7/c1-3-27-22(26)29-20-11-15-10-18-14(5-4-6-19(18)28-12-21(24)25)9-17(15)16(20)8-7-13(2)23/h4-6,13,15-17,20,23H,3,7-12H2,1-2H3,(H,24,25)/t13-,15-,16+,17-,20+/m0/s1. The van der Waals surface area contributed by atoms with Crippen molar-refractivity contribution in [1.82, 2.24) is 0 Å². The summed E-state index contributed by atoms with van der Waals surface area (Å²) in [4.78, 5) is 22.8. The van der Waals surface area contributed by atoms with Crippen molar-refractivity contribution in [3.63, 3.8) is 0 Å². The second kappa shape index (κ2) is 9.48. The Balaban J connectivity index is 1.79. The SMILES string of the molecule is CCOC(=O)O[C@@H]1C[C@@H]2Cc3c(cccc3OCC(=O)O)C[C@@H]2[C@H]1CC[C@H](C)O. The van der Waals surface area contributed by atoms with E-state index in [-0.39, 0.29) is 25.2 Å². The number of aliphatic hydroxyl groups excluding tert-OH is 1. The number of hydrogen-bond donors (Lipinski definition) is 2. The van der Waals surface area contributed by atoms with Crippen LogP contribution >= 0.6 is 0 Å². The molecule has 7 nitrogen and oxygen atoms in total. The van der Waals surface area contributed by atoms with Crippen molar-refractivity contribution >= 4 is 12.1 Å². The molecule has 2 aliphatic carbocycles. The van der Waals surface area contributed by atoms with Gasteiger partial charge in [0, 0.05) is 0 Å². The van der Waals surface area contributed by atoms with E-state index in [0.717, 1.165) is 36.8 Å². The minimum atomic E-state index is -1.00. The molecule has 0 aliphatic heterocycles. The molecule has 160 valence electrons. The van der Waals surface area contributed by atoms with Gasteiger partial charge in [-0.25, -0.2) is 9.59 Å². The summed E-state index contributed by atoms with van der Waals surface area (Å²) in [6.07, 6.45) is 2.51. The van der Waals surface area contributed by atoms with Crippen LogP contribution in [0.25, 0.3) is 0 Å². The minimum Gasteiger partial charge on any atom is -0.482 e. The highest BCUT2D eigenvalue weighted by atomic mass is 16.7. The highest BCUT2D eigenvalue weighted by Crippen LogP contribution is 2.49. The van der Waals surface area contributed by atoms with Gasteiger partial charge in [-0.3, -0.25) is 0 Å². The average Bonchev–Trinajstić information content (AvgIpc) is 2.98. The number of fused-ring (bicyclic) bond motifs is 2. The van der Waals surface area contributed by atoms with Crippen molar-refractivity contribution < 1.29 is 34.0 Å². The summed E-state index contributed by atoms with van der Waals surface area (Å²) in [5.41, 5.74) is 2.22. The lowest BCUT2D eigenvalue weighted by Gasteiger charge is -2.32. The van der Waals surface area contributed by atoms with Gasteiger partial charge in [0.1, 0.15) is 11.9 Å². The van der Waals surface area contributed by atoms with Crippen LogP contribution in [0, 0.1) is 17.8 Å². The quantitative estimate of drug-likeness (QED) is 0.639. The molecule has 1 saturated carbocycles. The minimum absolute atomic E-state index is 0.163. The topological polar surface area (TPSA) is 102 Å². The number of rotatable bonds is 8. The molecular weight excluding hydrogens is 376 g/mol. The first-order valence-corrected chi connectivity index (χ1v) is 10.4. The van der Waals surface area contributed by atoms with Crippen molar-refractivity contribution in [3.05, 3.63) is 29.3 Å². The van der Waals surface area contributed by atoms with Crippen LogP contribution in [0.3, 0.4) is 0 Å². The number of carbonyl (C=O) groups excluding carboxylic acids is 1. The first kappa shape index (κ1) is 21.4. The molecule has 0 amide bonds. The monoisotopic (exact) mass is 406 g/mol. The largest absolute Gasteiger partial charge is 0.508 e. The van der Waals surface area contributed by atoms with Crippen molar-refractivity contribution in [2.24, 2.45) is 17.8 Å². The Kier molecular flexibility index (Phi) is 7.00. The second-order valence-corrected chi connectivity index (χ2v) is 8.07. The average molecular weight is 406 g/mol. The number of carboxylic acid groups (broad SMARTS) is 1. The van der Waals surface area contributed by atoms with Gasteiger partial charge in [0.2, 0.25) is 0 Å². The zero-order valence-electron chi connectivity index (χ0n) is 17.0. The van der Waals surface area contributed by atoms with Gasteiger partial charge >= 0.3 is 12.1 Å². The van der Waals surface area contributed by atoms with Crippen molar-refractivity contribution in [2.45, 2.75) is 58.2 Å². The summed E-state index contributed by atoms with van der Waals surface area (Å²) in [5, 5.41) is 18.7. The van der Waals surface area contributed by atoms with Gasteiger partial charge in [-0.15, -0.1) is 0 Å². The molecule has 0 spiro atoms. The Bertz CT molecular complexity index is 730. The fourth-order valence-corrected chi connectivity index (χ4v) is 4.90. The summed E-state index contributed by atoms with van der Waals surface area (Å²) in [7, 11) is 0. The maximum Gasteiger partial charge on any atom is 0.508 e. The highest BCUT2D eigenvalue weighted by molar-refractivity contribution is 5.68. The predicted molar refractivity (Wildman–Crippen MR) is 105 cm³/mol. The van der Waals surface area contributed by atoms with Crippen molar-refractivity contribution in [3.8, 4) is 5.75 Å². The third-order valence-corrected chi connectivity index (χ3v) is 6.10. The maximum absolute atomic E-state index is 11.9. The summed E-state index contributed by atoms with van der Waals surface area (Å²) < 4.78 is 16.1. The molecule has 0 saturated heterocycles. The molecule has 1 aromatic rings. The zero-order valence-corrected chi connectivity index (χ0v) is 17.0. The van der Waals surface area contributed by atoms with E-state index in [9.17, 15) is 14.7 Å². The molecule has 5 atom stereocenters. The Morgan fingerprint density at radius 3 is 2.76 bits per heavy atom. The fraction of sp³-hybridized carbons (Fsp3) is 0.636. The van der Waals surface area contributed by atoms with Gasteiger partial charge in [-0.1, -0.05) is 12.1 Å². The van der Waals surface area contributed by atoms with Crippen LogP contribution in [-0.2, 0) is 27.1 Å². The molecule has 29 heavy (non-hydrogen) atoms. The predicted octanol–water partition coefficient (Wildman–Crippen LogP) is 3.20. The molecule has 0 heterocycles. The molecular formula is C22H30O7. The molecule has 1 fully saturated rings.